The lowest BCUT2D eigenvalue weighted by atomic mass is 9.85. The Kier molecular flexibility index (Phi) is 3.58. The lowest BCUT2D eigenvalue weighted by Crippen LogP contribution is -2.42. The first-order valence-electron chi connectivity index (χ1n) is 7.00. The van der Waals surface area contributed by atoms with Crippen LogP contribution in [0.1, 0.15) is 52.9 Å². The van der Waals surface area contributed by atoms with Gasteiger partial charge in [0, 0.05) is 6.54 Å². The smallest absolute Gasteiger partial charge is 0.410 e. The molecule has 1 amide bonds. The summed E-state index contributed by atoms with van der Waals surface area (Å²) in [5, 5.41) is 10.7. The number of amides is 1. The number of hydrogen-bond acceptors (Lipinski definition) is 3. The van der Waals surface area contributed by atoms with Crippen molar-refractivity contribution in [3.8, 4) is 0 Å². The van der Waals surface area contributed by atoms with Gasteiger partial charge in [-0.3, -0.25) is 0 Å². The zero-order valence-corrected chi connectivity index (χ0v) is 11.7. The molecule has 1 atom stereocenters. The Labute approximate surface area is 109 Å². The number of β-amino-alcohol motifs (C(OH)–C–C–N with tert-alkyl or cyclic N) is 1. The van der Waals surface area contributed by atoms with E-state index in [1.165, 1.54) is 12.8 Å². The van der Waals surface area contributed by atoms with Crippen LogP contribution in [0.25, 0.3) is 0 Å². The fourth-order valence-corrected chi connectivity index (χ4v) is 3.10. The van der Waals surface area contributed by atoms with E-state index in [-0.39, 0.29) is 6.09 Å². The van der Waals surface area contributed by atoms with Crippen molar-refractivity contribution in [3.05, 3.63) is 0 Å². The first-order chi connectivity index (χ1) is 8.30. The minimum Gasteiger partial charge on any atom is -0.444 e. The van der Waals surface area contributed by atoms with Crippen molar-refractivity contribution in [1.29, 1.82) is 0 Å². The number of ether oxygens (including phenoxy) is 1. The number of carbonyl (C=O) groups is 1. The van der Waals surface area contributed by atoms with Gasteiger partial charge in [-0.05, 0) is 46.0 Å². The van der Waals surface area contributed by atoms with E-state index in [1.807, 2.05) is 20.8 Å². The molecule has 0 bridgehead atoms. The van der Waals surface area contributed by atoms with Gasteiger partial charge in [0.1, 0.15) is 5.60 Å². The van der Waals surface area contributed by atoms with Gasteiger partial charge in [0.25, 0.3) is 0 Å². The third-order valence-electron chi connectivity index (χ3n) is 4.05. The van der Waals surface area contributed by atoms with E-state index in [0.29, 0.717) is 25.4 Å². The molecule has 0 aromatic heterocycles. The Morgan fingerprint density at radius 1 is 1.33 bits per heavy atom. The summed E-state index contributed by atoms with van der Waals surface area (Å²) in [6.07, 6.45) is 5.00. The van der Waals surface area contributed by atoms with Gasteiger partial charge in [0.05, 0.1) is 12.1 Å². The quantitative estimate of drug-likeness (QED) is 0.783. The van der Waals surface area contributed by atoms with Gasteiger partial charge in [-0.1, -0.05) is 12.8 Å². The average molecular weight is 255 g/mol. The largest absolute Gasteiger partial charge is 0.444 e. The van der Waals surface area contributed by atoms with Gasteiger partial charge in [0.2, 0.25) is 0 Å². The number of aliphatic hydroxyl groups is 1. The Hall–Kier alpha value is -0.770. The molecule has 0 radical (unpaired) electrons. The third kappa shape index (κ3) is 2.97. The number of nitrogens with zero attached hydrogens (tertiary/aromatic N) is 1. The van der Waals surface area contributed by atoms with Crippen LogP contribution in [0, 0.1) is 5.92 Å². The molecule has 104 valence electrons. The SMILES string of the molecule is CC(C)(C)OC(=O)N1CCC(O)(C2CCCC2)C1. The van der Waals surface area contributed by atoms with Crippen molar-refractivity contribution in [3.63, 3.8) is 0 Å². The first-order valence-corrected chi connectivity index (χ1v) is 7.00. The molecular weight excluding hydrogens is 230 g/mol. The molecule has 1 saturated heterocycles. The molecular formula is C14H25NO3. The lowest BCUT2D eigenvalue weighted by molar-refractivity contribution is -0.0141. The molecule has 2 fully saturated rings. The Morgan fingerprint density at radius 3 is 2.50 bits per heavy atom. The van der Waals surface area contributed by atoms with Gasteiger partial charge >= 0.3 is 6.09 Å². The zero-order chi connectivity index (χ0) is 13.4. The maximum absolute atomic E-state index is 12.0. The maximum atomic E-state index is 12.0. The molecule has 1 aliphatic carbocycles. The van der Waals surface area contributed by atoms with Gasteiger partial charge < -0.3 is 14.7 Å². The third-order valence-corrected chi connectivity index (χ3v) is 4.05. The molecule has 4 heteroatoms. The summed E-state index contributed by atoms with van der Waals surface area (Å²) in [4.78, 5) is 13.6. The lowest BCUT2D eigenvalue weighted by Gasteiger charge is -2.30. The molecule has 0 aromatic carbocycles. The van der Waals surface area contributed by atoms with Gasteiger partial charge in [0.15, 0.2) is 0 Å². The van der Waals surface area contributed by atoms with Crippen LogP contribution in [-0.2, 0) is 4.74 Å². The number of likely N-dealkylation sites (tertiary alicyclic amines) is 1. The van der Waals surface area contributed by atoms with Crippen LogP contribution in [0.4, 0.5) is 4.79 Å². The second kappa shape index (κ2) is 4.72. The first kappa shape index (κ1) is 13.7. The summed E-state index contributed by atoms with van der Waals surface area (Å²) < 4.78 is 5.35. The minimum absolute atomic E-state index is 0.295. The highest BCUT2D eigenvalue weighted by Crippen LogP contribution is 2.39. The number of rotatable bonds is 1. The van der Waals surface area contributed by atoms with E-state index < -0.39 is 11.2 Å². The average Bonchev–Trinajstić information content (AvgIpc) is 2.83. The van der Waals surface area contributed by atoms with Crippen LogP contribution in [-0.4, -0.2) is 40.4 Å². The predicted octanol–water partition coefficient (Wildman–Crippen LogP) is 2.55. The molecule has 18 heavy (non-hydrogen) atoms. The van der Waals surface area contributed by atoms with Gasteiger partial charge in [-0.2, -0.15) is 0 Å². The molecule has 1 N–H and O–H groups in total. The van der Waals surface area contributed by atoms with Crippen molar-refractivity contribution in [2.24, 2.45) is 5.92 Å². The number of hydrogen-bond donors (Lipinski definition) is 1. The molecule has 4 nitrogen and oxygen atoms in total. The van der Waals surface area contributed by atoms with E-state index >= 15 is 0 Å². The summed E-state index contributed by atoms with van der Waals surface area (Å²) >= 11 is 0. The number of carbonyl (C=O) groups excluding carboxylic acids is 1. The Morgan fingerprint density at radius 2 is 1.94 bits per heavy atom. The second-order valence-corrected chi connectivity index (χ2v) is 6.74. The van der Waals surface area contributed by atoms with Crippen molar-refractivity contribution in [1.82, 2.24) is 4.90 Å². The topological polar surface area (TPSA) is 49.8 Å². The predicted molar refractivity (Wildman–Crippen MR) is 69.3 cm³/mol. The van der Waals surface area contributed by atoms with Gasteiger partial charge in [-0.15, -0.1) is 0 Å². The standard InChI is InChI=1S/C14H25NO3/c1-13(2,3)18-12(16)15-9-8-14(17,10-15)11-6-4-5-7-11/h11,17H,4-10H2,1-3H3. The molecule has 2 rings (SSSR count). The Bertz CT molecular complexity index is 317. The summed E-state index contributed by atoms with van der Waals surface area (Å²) in [5.74, 6) is 0.366. The normalized spacial score (nSPS) is 29.9. The van der Waals surface area contributed by atoms with Crippen LogP contribution < -0.4 is 0 Å². The monoisotopic (exact) mass is 255 g/mol. The van der Waals surface area contributed by atoms with Crippen molar-refractivity contribution in [2.45, 2.75) is 64.1 Å². The van der Waals surface area contributed by atoms with Gasteiger partial charge in [-0.25, -0.2) is 4.79 Å². The highest BCUT2D eigenvalue weighted by Gasteiger charge is 2.45. The van der Waals surface area contributed by atoms with Crippen LogP contribution >= 0.6 is 0 Å². The fraction of sp³-hybridized carbons (Fsp3) is 0.929. The minimum atomic E-state index is -0.673. The summed E-state index contributed by atoms with van der Waals surface area (Å²) in [6.45, 7) is 6.65. The molecule has 0 spiro atoms. The fourth-order valence-electron chi connectivity index (χ4n) is 3.10. The van der Waals surface area contributed by atoms with Crippen LogP contribution in [0.3, 0.4) is 0 Å². The summed E-state index contributed by atoms with van der Waals surface area (Å²) in [6, 6.07) is 0. The highest BCUT2D eigenvalue weighted by atomic mass is 16.6. The van der Waals surface area contributed by atoms with E-state index in [4.69, 9.17) is 4.74 Å². The van der Waals surface area contributed by atoms with Crippen molar-refractivity contribution in [2.75, 3.05) is 13.1 Å². The molecule has 0 aromatic rings. The van der Waals surface area contributed by atoms with E-state index in [1.54, 1.807) is 4.90 Å². The molecule has 1 heterocycles. The van der Waals surface area contributed by atoms with Crippen LogP contribution in [0.15, 0.2) is 0 Å². The van der Waals surface area contributed by atoms with E-state index in [2.05, 4.69) is 0 Å². The summed E-state index contributed by atoms with van der Waals surface area (Å²) in [5.41, 5.74) is -1.14. The molecule has 1 saturated carbocycles. The maximum Gasteiger partial charge on any atom is 0.410 e. The van der Waals surface area contributed by atoms with Crippen LogP contribution in [0.2, 0.25) is 0 Å². The Balaban J connectivity index is 1.93. The second-order valence-electron chi connectivity index (χ2n) is 6.74. The molecule has 1 aliphatic heterocycles. The van der Waals surface area contributed by atoms with E-state index in [9.17, 15) is 9.90 Å². The van der Waals surface area contributed by atoms with E-state index in [0.717, 1.165) is 12.8 Å². The van der Waals surface area contributed by atoms with Crippen molar-refractivity contribution >= 4 is 6.09 Å². The van der Waals surface area contributed by atoms with Crippen LogP contribution in [0.5, 0.6) is 0 Å². The molecule has 2 aliphatic rings. The zero-order valence-electron chi connectivity index (χ0n) is 11.7. The summed E-state index contributed by atoms with van der Waals surface area (Å²) in [7, 11) is 0. The van der Waals surface area contributed by atoms with Crippen molar-refractivity contribution < 1.29 is 14.6 Å². The highest BCUT2D eigenvalue weighted by molar-refractivity contribution is 5.68. The molecule has 1 unspecified atom stereocenters.